The predicted octanol–water partition coefficient (Wildman–Crippen LogP) is 1.72. The molecule has 0 bridgehead atoms. The Labute approximate surface area is 183 Å². The van der Waals surface area contributed by atoms with Gasteiger partial charge in [-0.2, -0.15) is 0 Å². The second-order valence-corrected chi connectivity index (χ2v) is 8.11. The molecule has 1 amide bonds. The summed E-state index contributed by atoms with van der Waals surface area (Å²) < 4.78 is 4.76. The van der Waals surface area contributed by atoms with Gasteiger partial charge in [-0.05, 0) is 11.1 Å². The zero-order valence-corrected chi connectivity index (χ0v) is 17.9. The molecular weight excluding hydrogens is 392 g/mol. The SMILES string of the molecule is COC(=O)CC1CC(=O)NC(N2CCN(C(c3ccccc3)c3ccccc3)CC2)N1. The Morgan fingerprint density at radius 2 is 1.58 bits per heavy atom. The molecule has 31 heavy (non-hydrogen) atoms. The Hall–Kier alpha value is -2.74. The minimum absolute atomic E-state index is 0.0356. The van der Waals surface area contributed by atoms with Gasteiger partial charge in [0.05, 0.1) is 19.6 Å². The summed E-state index contributed by atoms with van der Waals surface area (Å²) in [7, 11) is 1.37. The molecule has 2 unspecified atom stereocenters. The van der Waals surface area contributed by atoms with Crippen molar-refractivity contribution in [1.82, 2.24) is 20.4 Å². The van der Waals surface area contributed by atoms with Gasteiger partial charge < -0.3 is 10.1 Å². The minimum Gasteiger partial charge on any atom is -0.469 e. The molecule has 0 radical (unpaired) electrons. The van der Waals surface area contributed by atoms with Crippen molar-refractivity contribution in [3.63, 3.8) is 0 Å². The molecule has 2 aliphatic heterocycles. The lowest BCUT2D eigenvalue weighted by Gasteiger charge is -2.44. The highest BCUT2D eigenvalue weighted by Gasteiger charge is 2.34. The van der Waals surface area contributed by atoms with Gasteiger partial charge in [-0.3, -0.25) is 24.7 Å². The Morgan fingerprint density at radius 3 is 2.13 bits per heavy atom. The molecule has 2 fully saturated rings. The molecule has 0 aliphatic carbocycles. The molecule has 2 N–H and O–H groups in total. The van der Waals surface area contributed by atoms with Gasteiger partial charge in [-0.25, -0.2) is 0 Å². The molecule has 2 aromatic carbocycles. The van der Waals surface area contributed by atoms with Gasteiger partial charge in [0, 0.05) is 38.6 Å². The number of benzene rings is 2. The molecule has 7 nitrogen and oxygen atoms in total. The van der Waals surface area contributed by atoms with Crippen LogP contribution in [0.2, 0.25) is 0 Å². The maximum Gasteiger partial charge on any atom is 0.307 e. The number of nitrogens with zero attached hydrogens (tertiary/aromatic N) is 2. The van der Waals surface area contributed by atoms with Crippen molar-refractivity contribution < 1.29 is 14.3 Å². The third-order valence-corrected chi connectivity index (χ3v) is 6.07. The molecule has 2 aromatic rings. The van der Waals surface area contributed by atoms with Crippen molar-refractivity contribution in [2.75, 3.05) is 33.3 Å². The number of carbonyl (C=O) groups excluding carboxylic acids is 2. The molecule has 0 aromatic heterocycles. The lowest BCUT2D eigenvalue weighted by Crippen LogP contribution is -2.66. The second kappa shape index (κ2) is 10.0. The van der Waals surface area contributed by atoms with E-state index in [1.165, 1.54) is 18.2 Å². The lowest BCUT2D eigenvalue weighted by molar-refractivity contribution is -0.142. The number of amides is 1. The van der Waals surface area contributed by atoms with E-state index in [0.717, 1.165) is 26.2 Å². The Bertz CT molecular complexity index is 829. The van der Waals surface area contributed by atoms with Crippen LogP contribution in [-0.4, -0.2) is 67.3 Å². The fourth-order valence-electron chi connectivity index (χ4n) is 4.51. The van der Waals surface area contributed by atoms with Crippen molar-refractivity contribution in [1.29, 1.82) is 0 Å². The van der Waals surface area contributed by atoms with E-state index in [1.807, 2.05) is 12.1 Å². The summed E-state index contributed by atoms with van der Waals surface area (Å²) in [5.74, 6) is -0.337. The highest BCUT2D eigenvalue weighted by molar-refractivity contribution is 5.79. The van der Waals surface area contributed by atoms with Gasteiger partial charge in [0.1, 0.15) is 6.29 Å². The van der Waals surface area contributed by atoms with E-state index in [4.69, 9.17) is 4.74 Å². The Kier molecular flexibility index (Phi) is 6.96. The first kappa shape index (κ1) is 21.5. The van der Waals surface area contributed by atoms with Gasteiger partial charge in [-0.1, -0.05) is 60.7 Å². The van der Waals surface area contributed by atoms with Crippen molar-refractivity contribution in [3.8, 4) is 0 Å². The number of esters is 1. The average molecular weight is 423 g/mol. The maximum atomic E-state index is 12.2. The molecule has 0 spiro atoms. The monoisotopic (exact) mass is 422 g/mol. The third-order valence-electron chi connectivity index (χ3n) is 6.07. The van der Waals surface area contributed by atoms with Gasteiger partial charge in [0.25, 0.3) is 0 Å². The number of rotatable bonds is 6. The summed E-state index contributed by atoms with van der Waals surface area (Å²) >= 11 is 0. The third kappa shape index (κ3) is 5.31. The van der Waals surface area contributed by atoms with Crippen LogP contribution in [0.25, 0.3) is 0 Å². The lowest BCUT2D eigenvalue weighted by atomic mass is 9.96. The zero-order valence-electron chi connectivity index (χ0n) is 17.9. The first-order valence-corrected chi connectivity index (χ1v) is 10.8. The summed E-state index contributed by atoms with van der Waals surface area (Å²) in [6.07, 6.45) is 0.227. The van der Waals surface area contributed by atoms with Crippen molar-refractivity contribution >= 4 is 11.9 Å². The molecule has 2 saturated heterocycles. The van der Waals surface area contributed by atoms with Gasteiger partial charge in [-0.15, -0.1) is 0 Å². The minimum atomic E-state index is -0.302. The number of piperazine rings is 1. The van der Waals surface area contributed by atoms with Crippen LogP contribution in [-0.2, 0) is 14.3 Å². The normalized spacial score (nSPS) is 22.8. The van der Waals surface area contributed by atoms with Crippen LogP contribution in [0.1, 0.15) is 30.0 Å². The first-order valence-electron chi connectivity index (χ1n) is 10.8. The number of hydrogen-bond acceptors (Lipinski definition) is 6. The van der Waals surface area contributed by atoms with Gasteiger partial charge in [0.2, 0.25) is 5.91 Å². The molecule has 2 heterocycles. The highest BCUT2D eigenvalue weighted by atomic mass is 16.5. The number of nitrogens with one attached hydrogen (secondary N) is 2. The predicted molar refractivity (Wildman–Crippen MR) is 118 cm³/mol. The van der Waals surface area contributed by atoms with E-state index >= 15 is 0 Å². The summed E-state index contributed by atoms with van der Waals surface area (Å²) in [6, 6.07) is 21.2. The molecular formula is C24H30N4O3. The fourth-order valence-corrected chi connectivity index (χ4v) is 4.51. The molecule has 7 heteroatoms. The molecule has 0 saturated carbocycles. The Morgan fingerprint density at radius 1 is 1.00 bits per heavy atom. The zero-order chi connectivity index (χ0) is 21.6. The van der Waals surface area contributed by atoms with E-state index in [-0.39, 0.29) is 43.1 Å². The van der Waals surface area contributed by atoms with Crippen molar-refractivity contribution in [2.45, 2.75) is 31.2 Å². The molecule has 2 atom stereocenters. The summed E-state index contributed by atoms with van der Waals surface area (Å²) in [6.45, 7) is 3.40. The number of ether oxygens (including phenoxy) is 1. The Balaban J connectivity index is 1.43. The molecule has 4 rings (SSSR count). The smallest absolute Gasteiger partial charge is 0.307 e. The highest BCUT2D eigenvalue weighted by Crippen LogP contribution is 2.29. The van der Waals surface area contributed by atoms with E-state index in [1.54, 1.807) is 0 Å². The molecule has 2 aliphatic rings. The quantitative estimate of drug-likeness (QED) is 0.691. The van der Waals surface area contributed by atoms with Gasteiger partial charge >= 0.3 is 5.97 Å². The number of methoxy groups -OCH3 is 1. The number of carbonyl (C=O) groups is 2. The van der Waals surface area contributed by atoms with Crippen LogP contribution < -0.4 is 10.6 Å². The second-order valence-electron chi connectivity index (χ2n) is 8.11. The van der Waals surface area contributed by atoms with E-state index < -0.39 is 0 Å². The number of hydrogen-bond donors (Lipinski definition) is 2. The standard InChI is InChI=1S/C24H30N4O3/c1-31-22(30)17-20-16-21(29)26-24(25-20)28-14-12-27(13-15-28)23(18-8-4-2-5-9-18)19-10-6-3-7-11-19/h2-11,20,23-25H,12-17H2,1H3,(H,26,29). The first-order chi connectivity index (χ1) is 15.1. The average Bonchev–Trinajstić information content (AvgIpc) is 2.81. The molecule has 164 valence electrons. The van der Waals surface area contributed by atoms with Crippen LogP contribution in [0.4, 0.5) is 0 Å². The fraction of sp³-hybridized carbons (Fsp3) is 0.417. The van der Waals surface area contributed by atoms with E-state index in [2.05, 4.69) is 69.0 Å². The summed E-state index contributed by atoms with van der Waals surface area (Å²) in [5.41, 5.74) is 2.56. The summed E-state index contributed by atoms with van der Waals surface area (Å²) in [5, 5.41) is 6.42. The van der Waals surface area contributed by atoms with E-state index in [0.29, 0.717) is 0 Å². The topological polar surface area (TPSA) is 73.9 Å². The van der Waals surface area contributed by atoms with Crippen molar-refractivity contribution in [3.05, 3.63) is 71.8 Å². The summed E-state index contributed by atoms with van der Waals surface area (Å²) in [4.78, 5) is 28.6. The van der Waals surface area contributed by atoms with Gasteiger partial charge in [0.15, 0.2) is 0 Å². The van der Waals surface area contributed by atoms with Crippen LogP contribution in [0.15, 0.2) is 60.7 Å². The largest absolute Gasteiger partial charge is 0.469 e. The van der Waals surface area contributed by atoms with Crippen LogP contribution in [0, 0.1) is 0 Å². The van der Waals surface area contributed by atoms with Crippen LogP contribution >= 0.6 is 0 Å². The van der Waals surface area contributed by atoms with Crippen LogP contribution in [0.3, 0.4) is 0 Å². The van der Waals surface area contributed by atoms with Crippen molar-refractivity contribution in [2.24, 2.45) is 0 Å². The maximum absolute atomic E-state index is 12.2. The van der Waals surface area contributed by atoms with E-state index in [9.17, 15) is 9.59 Å². The van der Waals surface area contributed by atoms with Crippen LogP contribution in [0.5, 0.6) is 0 Å².